The normalized spacial score (nSPS) is 11.4. The Morgan fingerprint density at radius 2 is 1.90 bits per heavy atom. The molecule has 0 aliphatic rings. The van der Waals surface area contributed by atoms with E-state index in [4.69, 9.17) is 0 Å². The molecule has 0 spiro atoms. The van der Waals surface area contributed by atoms with Crippen LogP contribution in [0.3, 0.4) is 0 Å². The maximum absolute atomic E-state index is 12.5. The number of hydrogen-bond donors (Lipinski definition) is 3. The van der Waals surface area contributed by atoms with Crippen molar-refractivity contribution in [1.29, 1.82) is 0 Å². The van der Waals surface area contributed by atoms with Gasteiger partial charge in [0.1, 0.15) is 5.75 Å². The Hall–Kier alpha value is -2.36. The molecule has 5 nitrogen and oxygen atoms in total. The van der Waals surface area contributed by atoms with E-state index in [0.717, 1.165) is 11.9 Å². The van der Waals surface area contributed by atoms with Crippen molar-refractivity contribution in [3.05, 3.63) is 65.4 Å². The summed E-state index contributed by atoms with van der Waals surface area (Å²) in [6.07, 6.45) is 2.86. The number of aliphatic imine (C=N–C) groups is 1. The SMILES string of the molecule is CN=C(NCCc1c[nH]c2c(C)cccc12)NCc1ccccc1OC(F)F.I. The van der Waals surface area contributed by atoms with Gasteiger partial charge in [0, 0.05) is 42.8 Å². The molecule has 3 rings (SSSR count). The molecule has 0 unspecified atom stereocenters. The van der Waals surface area contributed by atoms with Crippen LogP contribution in [-0.4, -0.2) is 31.1 Å². The second-order valence-corrected chi connectivity index (χ2v) is 6.40. The number of rotatable bonds is 7. The van der Waals surface area contributed by atoms with E-state index in [1.54, 1.807) is 25.2 Å². The number of nitrogens with one attached hydrogen (secondary N) is 3. The van der Waals surface area contributed by atoms with E-state index in [2.05, 4.69) is 50.5 Å². The fourth-order valence-electron chi connectivity index (χ4n) is 3.15. The van der Waals surface area contributed by atoms with E-state index in [1.165, 1.54) is 22.6 Å². The van der Waals surface area contributed by atoms with Crippen LogP contribution in [0.15, 0.2) is 53.7 Å². The van der Waals surface area contributed by atoms with Crippen LogP contribution >= 0.6 is 24.0 Å². The summed E-state index contributed by atoms with van der Waals surface area (Å²) in [5, 5.41) is 7.61. The molecule has 0 amide bonds. The number of fused-ring (bicyclic) bond motifs is 1. The monoisotopic (exact) mass is 514 g/mol. The summed E-state index contributed by atoms with van der Waals surface area (Å²) in [5.41, 5.74) is 4.25. The number of aromatic amines is 1. The summed E-state index contributed by atoms with van der Waals surface area (Å²) in [6.45, 7) is 0.255. The molecule has 0 radical (unpaired) electrons. The van der Waals surface area contributed by atoms with Gasteiger partial charge in [0.25, 0.3) is 0 Å². The number of H-pyrrole nitrogens is 1. The van der Waals surface area contributed by atoms with Gasteiger partial charge < -0.3 is 20.4 Å². The molecule has 2 aromatic carbocycles. The highest BCUT2D eigenvalue weighted by Gasteiger charge is 2.10. The first kappa shape index (κ1) is 22.9. The molecular formula is C21H25F2IN4O. The lowest BCUT2D eigenvalue weighted by molar-refractivity contribution is -0.0504. The number of ether oxygens (including phenoxy) is 1. The lowest BCUT2D eigenvalue weighted by Crippen LogP contribution is -2.37. The van der Waals surface area contributed by atoms with Crippen molar-refractivity contribution >= 4 is 40.8 Å². The minimum absolute atomic E-state index is 0. The van der Waals surface area contributed by atoms with Crippen LogP contribution in [0.1, 0.15) is 16.7 Å². The van der Waals surface area contributed by atoms with Gasteiger partial charge in [-0.1, -0.05) is 36.4 Å². The molecule has 0 saturated carbocycles. The Labute approximate surface area is 186 Å². The molecule has 0 aliphatic carbocycles. The zero-order valence-corrected chi connectivity index (χ0v) is 18.7. The molecule has 1 aromatic heterocycles. The quantitative estimate of drug-likeness (QED) is 0.245. The Kier molecular flexibility index (Phi) is 8.69. The number of para-hydroxylation sites is 2. The number of nitrogens with zero attached hydrogens (tertiary/aromatic N) is 1. The maximum atomic E-state index is 12.5. The van der Waals surface area contributed by atoms with Gasteiger partial charge in [0.2, 0.25) is 0 Å². The van der Waals surface area contributed by atoms with E-state index in [1.807, 2.05) is 6.20 Å². The number of halogens is 3. The van der Waals surface area contributed by atoms with Crippen molar-refractivity contribution in [3.63, 3.8) is 0 Å². The first-order valence-electron chi connectivity index (χ1n) is 9.11. The van der Waals surface area contributed by atoms with Crippen molar-refractivity contribution < 1.29 is 13.5 Å². The summed E-state index contributed by atoms with van der Waals surface area (Å²) in [4.78, 5) is 7.51. The molecule has 3 N–H and O–H groups in total. The predicted octanol–water partition coefficient (Wildman–Crippen LogP) is 4.60. The van der Waals surface area contributed by atoms with Crippen molar-refractivity contribution in [1.82, 2.24) is 15.6 Å². The molecule has 0 saturated heterocycles. The van der Waals surface area contributed by atoms with E-state index >= 15 is 0 Å². The molecule has 1 heterocycles. The van der Waals surface area contributed by atoms with Gasteiger partial charge in [-0.05, 0) is 30.5 Å². The van der Waals surface area contributed by atoms with E-state index < -0.39 is 6.61 Å². The van der Waals surface area contributed by atoms with Gasteiger partial charge in [0.15, 0.2) is 5.96 Å². The Bertz CT molecular complexity index is 959. The molecule has 0 atom stereocenters. The first-order chi connectivity index (χ1) is 13.6. The van der Waals surface area contributed by atoms with Gasteiger partial charge in [-0.15, -0.1) is 24.0 Å². The average Bonchev–Trinajstić information content (AvgIpc) is 3.09. The van der Waals surface area contributed by atoms with Gasteiger partial charge in [-0.2, -0.15) is 8.78 Å². The molecule has 0 aliphatic heterocycles. The van der Waals surface area contributed by atoms with Crippen LogP contribution in [0.25, 0.3) is 10.9 Å². The predicted molar refractivity (Wildman–Crippen MR) is 123 cm³/mol. The molecule has 0 fully saturated rings. The second-order valence-electron chi connectivity index (χ2n) is 6.40. The average molecular weight is 514 g/mol. The van der Waals surface area contributed by atoms with Gasteiger partial charge in [0.05, 0.1) is 0 Å². The third-order valence-electron chi connectivity index (χ3n) is 4.55. The van der Waals surface area contributed by atoms with Crippen LogP contribution in [0.4, 0.5) is 8.78 Å². The van der Waals surface area contributed by atoms with E-state index in [-0.39, 0.29) is 29.7 Å². The van der Waals surface area contributed by atoms with Crippen LogP contribution in [-0.2, 0) is 13.0 Å². The van der Waals surface area contributed by atoms with Crippen LogP contribution in [0, 0.1) is 6.92 Å². The van der Waals surface area contributed by atoms with Crippen molar-refractivity contribution in [2.75, 3.05) is 13.6 Å². The standard InChI is InChI=1S/C21H24F2N4O.HI/c1-14-6-5-8-17-15(12-26-19(14)17)10-11-25-21(24-2)27-13-16-7-3-4-9-18(16)28-20(22)23;/h3-9,12,20,26H,10-11,13H2,1-2H3,(H2,24,25,27);1H. The minimum Gasteiger partial charge on any atom is -0.434 e. The van der Waals surface area contributed by atoms with Crippen molar-refractivity contribution in [3.8, 4) is 5.75 Å². The third kappa shape index (κ3) is 6.06. The smallest absolute Gasteiger partial charge is 0.387 e. The van der Waals surface area contributed by atoms with E-state index in [0.29, 0.717) is 24.6 Å². The highest BCUT2D eigenvalue weighted by Crippen LogP contribution is 2.21. The fraction of sp³-hybridized carbons (Fsp3) is 0.286. The zero-order chi connectivity index (χ0) is 19.9. The number of aryl methyl sites for hydroxylation is 1. The first-order valence-corrected chi connectivity index (χ1v) is 9.11. The van der Waals surface area contributed by atoms with Crippen LogP contribution in [0.5, 0.6) is 5.75 Å². The fourth-order valence-corrected chi connectivity index (χ4v) is 3.15. The lowest BCUT2D eigenvalue weighted by Gasteiger charge is -2.14. The Balaban J connectivity index is 0.00000300. The Morgan fingerprint density at radius 3 is 2.66 bits per heavy atom. The largest absolute Gasteiger partial charge is 0.434 e. The number of guanidine groups is 1. The number of benzene rings is 2. The topological polar surface area (TPSA) is 61.4 Å². The molecule has 3 aromatic rings. The van der Waals surface area contributed by atoms with Crippen LogP contribution < -0.4 is 15.4 Å². The number of hydrogen-bond acceptors (Lipinski definition) is 2. The maximum Gasteiger partial charge on any atom is 0.387 e. The van der Waals surface area contributed by atoms with Gasteiger partial charge in [-0.25, -0.2) is 0 Å². The molecule has 8 heteroatoms. The molecule has 29 heavy (non-hydrogen) atoms. The van der Waals surface area contributed by atoms with Gasteiger partial charge in [-0.3, -0.25) is 4.99 Å². The van der Waals surface area contributed by atoms with Crippen LogP contribution in [0.2, 0.25) is 0 Å². The van der Waals surface area contributed by atoms with E-state index in [9.17, 15) is 8.78 Å². The number of alkyl halides is 2. The lowest BCUT2D eigenvalue weighted by atomic mass is 10.1. The highest BCUT2D eigenvalue weighted by atomic mass is 127. The molecule has 156 valence electrons. The molecule has 0 bridgehead atoms. The Morgan fingerprint density at radius 1 is 1.10 bits per heavy atom. The number of aromatic nitrogens is 1. The zero-order valence-electron chi connectivity index (χ0n) is 16.3. The second kappa shape index (κ2) is 11.0. The summed E-state index contributed by atoms with van der Waals surface area (Å²) in [7, 11) is 1.67. The van der Waals surface area contributed by atoms with Crippen molar-refractivity contribution in [2.45, 2.75) is 26.5 Å². The summed E-state index contributed by atoms with van der Waals surface area (Å²) >= 11 is 0. The van der Waals surface area contributed by atoms with Gasteiger partial charge >= 0.3 is 6.61 Å². The summed E-state index contributed by atoms with van der Waals surface area (Å²) < 4.78 is 29.6. The van der Waals surface area contributed by atoms with Crippen molar-refractivity contribution in [2.24, 2.45) is 4.99 Å². The highest BCUT2D eigenvalue weighted by molar-refractivity contribution is 14.0. The summed E-state index contributed by atoms with van der Waals surface area (Å²) in [5.74, 6) is 0.762. The molecular weight excluding hydrogens is 489 g/mol. The summed E-state index contributed by atoms with van der Waals surface area (Å²) in [6, 6.07) is 13.0. The minimum atomic E-state index is -2.85. The third-order valence-corrected chi connectivity index (χ3v) is 4.55.